The van der Waals surface area contributed by atoms with Crippen molar-refractivity contribution >= 4 is 11.6 Å². The van der Waals surface area contributed by atoms with Gasteiger partial charge < -0.3 is 10.2 Å². The first-order valence-electron chi connectivity index (χ1n) is 11.3. The molecule has 3 aromatic carbocycles. The molecule has 1 aliphatic carbocycles. The molecule has 0 bridgehead atoms. The van der Waals surface area contributed by atoms with Crippen molar-refractivity contribution in [3.05, 3.63) is 89.0 Å². The minimum absolute atomic E-state index is 0.0610. The molecule has 1 N–H and O–H groups in total. The summed E-state index contributed by atoms with van der Waals surface area (Å²) in [5.74, 6) is 0.661. The van der Waals surface area contributed by atoms with Gasteiger partial charge in [0.05, 0.1) is 0 Å². The van der Waals surface area contributed by atoms with Crippen molar-refractivity contribution in [1.82, 2.24) is 4.90 Å². The molecule has 0 heterocycles. The second-order valence-electron chi connectivity index (χ2n) is 8.94. The molecule has 0 saturated heterocycles. The van der Waals surface area contributed by atoms with E-state index in [1.165, 1.54) is 28.7 Å². The van der Waals surface area contributed by atoms with E-state index in [2.05, 4.69) is 67.6 Å². The lowest BCUT2D eigenvalue weighted by Gasteiger charge is -2.27. The number of hydrogen-bond donors (Lipinski definition) is 1. The van der Waals surface area contributed by atoms with Crippen molar-refractivity contribution in [2.75, 3.05) is 26.0 Å². The van der Waals surface area contributed by atoms with Crippen LogP contribution < -0.4 is 5.32 Å². The summed E-state index contributed by atoms with van der Waals surface area (Å²) in [7, 11) is 4.28. The number of carbonyl (C=O) groups excluding carboxylic acids is 1. The zero-order chi connectivity index (χ0) is 21.8. The van der Waals surface area contributed by atoms with Gasteiger partial charge in [0.2, 0.25) is 0 Å². The quantitative estimate of drug-likeness (QED) is 0.552. The summed E-state index contributed by atoms with van der Waals surface area (Å²) < 4.78 is 0. The van der Waals surface area contributed by atoms with Crippen LogP contribution in [-0.4, -0.2) is 31.4 Å². The van der Waals surface area contributed by atoms with Crippen LogP contribution in [0.4, 0.5) is 5.69 Å². The summed E-state index contributed by atoms with van der Waals surface area (Å²) >= 11 is 0. The highest BCUT2D eigenvalue weighted by Gasteiger charge is 2.19. The highest BCUT2D eigenvalue weighted by molar-refractivity contribution is 6.04. The van der Waals surface area contributed by atoms with Crippen LogP contribution in [0.3, 0.4) is 0 Å². The monoisotopic (exact) mass is 412 g/mol. The zero-order valence-corrected chi connectivity index (χ0v) is 18.8. The smallest absolute Gasteiger partial charge is 0.255 e. The lowest BCUT2D eigenvalue weighted by Crippen LogP contribution is -2.26. The SMILES string of the molecule is CCc1ccc(-c2ccc(C(=O)Nc3ccc4c(c3)CCC(CN(C)C)C4)cc2)cc1. The Kier molecular flexibility index (Phi) is 6.53. The molecule has 0 spiro atoms. The Hall–Kier alpha value is -2.91. The van der Waals surface area contributed by atoms with Crippen molar-refractivity contribution in [2.24, 2.45) is 5.92 Å². The molecule has 160 valence electrons. The first kappa shape index (κ1) is 21.3. The first-order valence-corrected chi connectivity index (χ1v) is 11.3. The van der Waals surface area contributed by atoms with E-state index in [0.29, 0.717) is 5.56 Å². The minimum atomic E-state index is -0.0610. The van der Waals surface area contributed by atoms with Gasteiger partial charge in [-0.2, -0.15) is 0 Å². The predicted molar refractivity (Wildman–Crippen MR) is 130 cm³/mol. The van der Waals surface area contributed by atoms with Crippen LogP contribution in [0.5, 0.6) is 0 Å². The molecule has 31 heavy (non-hydrogen) atoms. The second-order valence-corrected chi connectivity index (χ2v) is 8.94. The van der Waals surface area contributed by atoms with E-state index in [1.54, 1.807) is 0 Å². The number of anilines is 1. The highest BCUT2D eigenvalue weighted by Crippen LogP contribution is 2.28. The summed E-state index contributed by atoms with van der Waals surface area (Å²) in [6.07, 6.45) is 4.47. The summed E-state index contributed by atoms with van der Waals surface area (Å²) in [4.78, 5) is 15.0. The Bertz CT molecular complexity index is 1040. The normalized spacial score (nSPS) is 15.5. The minimum Gasteiger partial charge on any atom is -0.322 e. The molecule has 0 saturated carbocycles. The van der Waals surface area contributed by atoms with Crippen LogP contribution in [0.1, 0.15) is 40.4 Å². The standard InChI is InChI=1S/C28H32N2O/c1-4-20-5-8-22(9-6-20)23-11-13-24(14-12-23)28(31)29-27-16-15-25-17-21(19-30(2)3)7-10-26(25)18-27/h5-6,8-9,11-16,18,21H,4,7,10,17,19H2,1-3H3,(H,29,31). The Labute approximate surface area is 186 Å². The van der Waals surface area contributed by atoms with Crippen LogP contribution in [-0.2, 0) is 19.3 Å². The van der Waals surface area contributed by atoms with Crippen molar-refractivity contribution in [2.45, 2.75) is 32.6 Å². The number of fused-ring (bicyclic) bond motifs is 1. The maximum atomic E-state index is 12.8. The largest absolute Gasteiger partial charge is 0.322 e. The van der Waals surface area contributed by atoms with E-state index in [-0.39, 0.29) is 5.91 Å². The van der Waals surface area contributed by atoms with E-state index >= 15 is 0 Å². The summed E-state index contributed by atoms with van der Waals surface area (Å²) in [6.45, 7) is 3.30. The van der Waals surface area contributed by atoms with E-state index in [0.717, 1.165) is 43.0 Å². The third-order valence-corrected chi connectivity index (χ3v) is 6.26. The number of carbonyl (C=O) groups is 1. The molecule has 1 unspecified atom stereocenters. The summed E-state index contributed by atoms with van der Waals surface area (Å²) in [6, 6.07) is 22.8. The number of aryl methyl sites for hydroxylation is 2. The topological polar surface area (TPSA) is 32.3 Å². The Morgan fingerprint density at radius 1 is 0.935 bits per heavy atom. The number of rotatable bonds is 6. The number of nitrogens with one attached hydrogen (secondary N) is 1. The lowest BCUT2D eigenvalue weighted by atomic mass is 9.83. The van der Waals surface area contributed by atoms with E-state index < -0.39 is 0 Å². The molecule has 0 aromatic heterocycles. The molecule has 4 rings (SSSR count). The third kappa shape index (κ3) is 5.23. The van der Waals surface area contributed by atoms with Crippen LogP contribution in [0.2, 0.25) is 0 Å². The molecule has 3 aromatic rings. The van der Waals surface area contributed by atoms with E-state index in [9.17, 15) is 4.79 Å². The van der Waals surface area contributed by atoms with Crippen molar-refractivity contribution < 1.29 is 4.79 Å². The van der Waals surface area contributed by atoms with Gasteiger partial charge in [-0.1, -0.05) is 49.4 Å². The van der Waals surface area contributed by atoms with Gasteiger partial charge >= 0.3 is 0 Å². The Morgan fingerprint density at radius 2 is 1.61 bits per heavy atom. The van der Waals surface area contributed by atoms with Gasteiger partial charge in [0.15, 0.2) is 0 Å². The van der Waals surface area contributed by atoms with Crippen molar-refractivity contribution in [3.8, 4) is 11.1 Å². The molecule has 1 amide bonds. The molecule has 1 aliphatic rings. The van der Waals surface area contributed by atoms with Gasteiger partial charge in [0.25, 0.3) is 5.91 Å². The van der Waals surface area contributed by atoms with Crippen LogP contribution in [0, 0.1) is 5.92 Å². The molecule has 0 radical (unpaired) electrons. The highest BCUT2D eigenvalue weighted by atomic mass is 16.1. The summed E-state index contributed by atoms with van der Waals surface area (Å²) in [5, 5.41) is 3.08. The Balaban J connectivity index is 1.41. The molecule has 1 atom stereocenters. The number of hydrogen-bond acceptors (Lipinski definition) is 2. The molecular weight excluding hydrogens is 380 g/mol. The molecule has 0 aliphatic heterocycles. The average Bonchev–Trinajstić information content (AvgIpc) is 2.79. The second kappa shape index (κ2) is 9.49. The average molecular weight is 413 g/mol. The molecule has 3 heteroatoms. The van der Waals surface area contributed by atoms with E-state index in [1.807, 2.05) is 30.3 Å². The van der Waals surface area contributed by atoms with Gasteiger partial charge in [-0.15, -0.1) is 0 Å². The summed E-state index contributed by atoms with van der Waals surface area (Å²) in [5.41, 5.74) is 7.99. The van der Waals surface area contributed by atoms with Crippen LogP contribution in [0.25, 0.3) is 11.1 Å². The van der Waals surface area contributed by atoms with Gasteiger partial charge in [0, 0.05) is 17.8 Å². The maximum absolute atomic E-state index is 12.8. The van der Waals surface area contributed by atoms with Gasteiger partial charge in [-0.25, -0.2) is 0 Å². The van der Waals surface area contributed by atoms with Crippen LogP contribution in [0.15, 0.2) is 66.7 Å². The van der Waals surface area contributed by atoms with Crippen molar-refractivity contribution in [3.63, 3.8) is 0 Å². The first-order chi connectivity index (χ1) is 15.0. The number of amides is 1. The molecule has 3 nitrogen and oxygen atoms in total. The van der Waals surface area contributed by atoms with Gasteiger partial charge in [-0.3, -0.25) is 4.79 Å². The molecular formula is C28H32N2O. The van der Waals surface area contributed by atoms with E-state index in [4.69, 9.17) is 0 Å². The lowest BCUT2D eigenvalue weighted by molar-refractivity contribution is 0.102. The fourth-order valence-electron chi connectivity index (χ4n) is 4.53. The van der Waals surface area contributed by atoms with Crippen molar-refractivity contribution in [1.29, 1.82) is 0 Å². The molecule has 0 fully saturated rings. The van der Waals surface area contributed by atoms with Gasteiger partial charge in [0.1, 0.15) is 0 Å². The predicted octanol–water partition coefficient (Wildman–Crippen LogP) is 5.83. The van der Waals surface area contributed by atoms with Gasteiger partial charge in [-0.05, 0) is 97.8 Å². The number of benzene rings is 3. The third-order valence-electron chi connectivity index (χ3n) is 6.26. The van der Waals surface area contributed by atoms with Crippen LogP contribution >= 0.6 is 0 Å². The Morgan fingerprint density at radius 3 is 2.26 bits per heavy atom. The maximum Gasteiger partial charge on any atom is 0.255 e. The fourth-order valence-corrected chi connectivity index (χ4v) is 4.53. The fraction of sp³-hybridized carbons (Fsp3) is 0.321. The number of nitrogens with zero attached hydrogens (tertiary/aromatic N) is 1. The zero-order valence-electron chi connectivity index (χ0n) is 18.8.